The Kier molecular flexibility index (Phi) is 10.6. The van der Waals surface area contributed by atoms with Gasteiger partial charge in [0.2, 0.25) is 0 Å². The van der Waals surface area contributed by atoms with E-state index in [1.807, 2.05) is 6.08 Å². The van der Waals surface area contributed by atoms with E-state index in [4.69, 9.17) is 0 Å². The van der Waals surface area contributed by atoms with Gasteiger partial charge in [0.1, 0.15) is 0 Å². The van der Waals surface area contributed by atoms with Crippen molar-refractivity contribution in [1.29, 1.82) is 0 Å². The summed E-state index contributed by atoms with van der Waals surface area (Å²) in [5.74, 6) is 0.548. The van der Waals surface area contributed by atoms with E-state index < -0.39 is 0 Å². The van der Waals surface area contributed by atoms with Gasteiger partial charge in [-0.3, -0.25) is 0 Å². The average molecular weight is 573 g/mol. The van der Waals surface area contributed by atoms with Crippen molar-refractivity contribution in [3.63, 3.8) is 0 Å². The van der Waals surface area contributed by atoms with Gasteiger partial charge in [-0.05, 0) is 107 Å². The molecule has 0 spiro atoms. The number of benzene rings is 4. The van der Waals surface area contributed by atoms with E-state index in [0.29, 0.717) is 5.92 Å². The van der Waals surface area contributed by atoms with E-state index >= 15 is 0 Å². The van der Waals surface area contributed by atoms with Crippen LogP contribution in [0.4, 0.5) is 0 Å². The van der Waals surface area contributed by atoms with Crippen LogP contribution < -0.4 is 0 Å². The van der Waals surface area contributed by atoms with Crippen molar-refractivity contribution in [1.82, 2.24) is 0 Å². The van der Waals surface area contributed by atoms with Crippen LogP contribution in [0.3, 0.4) is 0 Å². The van der Waals surface area contributed by atoms with Crippen molar-refractivity contribution < 1.29 is 0 Å². The second-order valence-corrected chi connectivity index (χ2v) is 12.1. The lowest BCUT2D eigenvalue weighted by atomic mass is 9.91. The first-order valence-corrected chi connectivity index (χ1v) is 15.9. The molecule has 4 aromatic rings. The summed E-state index contributed by atoms with van der Waals surface area (Å²) >= 11 is 0. The summed E-state index contributed by atoms with van der Waals surface area (Å²) in [4.78, 5) is 0. The first kappa shape index (κ1) is 30.8. The third-order valence-electron chi connectivity index (χ3n) is 8.32. The van der Waals surface area contributed by atoms with Crippen LogP contribution in [-0.4, -0.2) is 0 Å². The molecular formula is C44H44. The van der Waals surface area contributed by atoms with E-state index in [0.717, 1.165) is 37.7 Å². The molecule has 0 radical (unpaired) electrons. The summed E-state index contributed by atoms with van der Waals surface area (Å²) in [6.07, 6.45) is 18.2. The first-order chi connectivity index (χ1) is 21.5. The molecule has 5 rings (SSSR count). The lowest BCUT2D eigenvalue weighted by Gasteiger charge is -2.14. The Morgan fingerprint density at radius 1 is 0.795 bits per heavy atom. The van der Waals surface area contributed by atoms with Gasteiger partial charge < -0.3 is 0 Å². The largest absolute Gasteiger partial charge is 0.0985 e. The molecule has 0 heteroatoms. The van der Waals surface area contributed by atoms with Crippen molar-refractivity contribution in [2.24, 2.45) is 5.92 Å². The summed E-state index contributed by atoms with van der Waals surface area (Å²) in [7, 11) is 0. The monoisotopic (exact) mass is 572 g/mol. The SMILES string of the molecule is C=C/C(=C\CC(C)Cc1cccc(/C(=C/C(=C)C)CCc2cccc(-c3cccc(-c4ccccc4)c3)c2)c1)C1=CC=CC1. The van der Waals surface area contributed by atoms with Crippen LogP contribution in [0.2, 0.25) is 0 Å². The van der Waals surface area contributed by atoms with Gasteiger partial charge >= 0.3 is 0 Å². The molecule has 0 N–H and O–H groups in total. The Morgan fingerprint density at radius 3 is 2.20 bits per heavy atom. The van der Waals surface area contributed by atoms with Crippen LogP contribution in [0, 0.1) is 5.92 Å². The molecule has 1 atom stereocenters. The van der Waals surface area contributed by atoms with Crippen LogP contribution in [0.5, 0.6) is 0 Å². The van der Waals surface area contributed by atoms with E-state index in [9.17, 15) is 0 Å². The van der Waals surface area contributed by atoms with Gasteiger partial charge in [0.25, 0.3) is 0 Å². The van der Waals surface area contributed by atoms with Crippen molar-refractivity contribution in [3.8, 4) is 22.3 Å². The summed E-state index contributed by atoms with van der Waals surface area (Å²) in [6.45, 7) is 12.7. The Hall–Kier alpha value is -4.68. The summed E-state index contributed by atoms with van der Waals surface area (Å²) in [5, 5.41) is 0. The fraction of sp³-hybridized carbons (Fsp3) is 0.182. The van der Waals surface area contributed by atoms with Crippen LogP contribution in [0.25, 0.3) is 27.8 Å². The van der Waals surface area contributed by atoms with E-state index in [-0.39, 0.29) is 0 Å². The van der Waals surface area contributed by atoms with E-state index in [1.54, 1.807) is 0 Å². The van der Waals surface area contributed by atoms with E-state index in [2.05, 4.69) is 161 Å². The predicted octanol–water partition coefficient (Wildman–Crippen LogP) is 12.2. The molecule has 0 amide bonds. The third kappa shape index (κ3) is 8.45. The summed E-state index contributed by atoms with van der Waals surface area (Å²) < 4.78 is 0. The van der Waals surface area contributed by atoms with Crippen LogP contribution >= 0.6 is 0 Å². The first-order valence-electron chi connectivity index (χ1n) is 15.9. The maximum atomic E-state index is 4.21. The number of aryl methyl sites for hydroxylation is 1. The van der Waals surface area contributed by atoms with Crippen molar-refractivity contribution in [3.05, 3.63) is 186 Å². The number of allylic oxidation sites excluding steroid dienone is 10. The molecule has 0 heterocycles. The molecule has 220 valence electrons. The minimum Gasteiger partial charge on any atom is -0.0985 e. The van der Waals surface area contributed by atoms with Crippen LogP contribution in [0.15, 0.2) is 169 Å². The highest BCUT2D eigenvalue weighted by Gasteiger charge is 2.10. The smallest absolute Gasteiger partial charge is 0.00885 e. The van der Waals surface area contributed by atoms with Gasteiger partial charge in [0, 0.05) is 0 Å². The summed E-state index contributed by atoms with van der Waals surface area (Å²) in [5.41, 5.74) is 14.1. The zero-order valence-corrected chi connectivity index (χ0v) is 26.3. The Labute approximate surface area is 265 Å². The Bertz CT molecular complexity index is 1720. The topological polar surface area (TPSA) is 0 Å². The highest BCUT2D eigenvalue weighted by Crippen LogP contribution is 2.29. The van der Waals surface area contributed by atoms with E-state index in [1.165, 1.54) is 55.7 Å². The van der Waals surface area contributed by atoms with Gasteiger partial charge in [-0.25, -0.2) is 0 Å². The van der Waals surface area contributed by atoms with Gasteiger partial charge in [-0.1, -0.05) is 159 Å². The summed E-state index contributed by atoms with van der Waals surface area (Å²) in [6, 6.07) is 37.6. The minimum absolute atomic E-state index is 0.548. The van der Waals surface area contributed by atoms with Crippen molar-refractivity contribution >= 4 is 5.57 Å². The lowest BCUT2D eigenvalue weighted by molar-refractivity contribution is 0.588. The maximum absolute atomic E-state index is 4.21. The molecule has 0 saturated heterocycles. The highest BCUT2D eigenvalue weighted by molar-refractivity contribution is 5.73. The van der Waals surface area contributed by atoms with Gasteiger partial charge in [0.15, 0.2) is 0 Å². The molecule has 0 aromatic heterocycles. The fourth-order valence-corrected chi connectivity index (χ4v) is 6.01. The quantitative estimate of drug-likeness (QED) is 0.140. The predicted molar refractivity (Wildman–Crippen MR) is 192 cm³/mol. The molecule has 4 aromatic carbocycles. The molecule has 44 heavy (non-hydrogen) atoms. The number of hydrogen-bond acceptors (Lipinski definition) is 0. The highest BCUT2D eigenvalue weighted by atomic mass is 14.1. The number of hydrogen-bond donors (Lipinski definition) is 0. The molecule has 0 bridgehead atoms. The normalized spacial score (nSPS) is 13.9. The molecule has 1 aliphatic carbocycles. The molecule has 0 fully saturated rings. The zero-order chi connectivity index (χ0) is 30.7. The second-order valence-electron chi connectivity index (χ2n) is 12.1. The van der Waals surface area contributed by atoms with Crippen LogP contribution in [-0.2, 0) is 12.8 Å². The molecule has 0 aliphatic heterocycles. The molecular weight excluding hydrogens is 528 g/mol. The lowest BCUT2D eigenvalue weighted by Crippen LogP contribution is -2.00. The maximum Gasteiger partial charge on any atom is -0.00885 e. The van der Waals surface area contributed by atoms with Gasteiger partial charge in [-0.2, -0.15) is 0 Å². The average Bonchev–Trinajstić information content (AvgIpc) is 3.59. The second kappa shape index (κ2) is 15.2. The molecule has 1 unspecified atom stereocenters. The standard InChI is InChI=1S/C44H44/c1-5-37(38-18-9-10-19-38)26-24-34(4)29-36-15-12-21-41(31-36)44(28-33(2)3)27-25-35-14-11-20-40(30-35)43-23-13-22-42(32-43)39-16-7-6-8-17-39/h5-18,20-23,26,28,30-32,34H,1-2,19,24-25,27,29H2,3-4H3/b37-26+,44-28+. The zero-order valence-electron chi connectivity index (χ0n) is 26.3. The Balaban J connectivity index is 1.27. The molecule has 0 saturated carbocycles. The molecule has 0 nitrogen and oxygen atoms in total. The third-order valence-corrected chi connectivity index (χ3v) is 8.32. The Morgan fingerprint density at radius 2 is 1.48 bits per heavy atom. The van der Waals surface area contributed by atoms with Gasteiger partial charge in [0.05, 0.1) is 0 Å². The van der Waals surface area contributed by atoms with Crippen LogP contribution in [0.1, 0.15) is 49.8 Å². The molecule has 1 aliphatic rings. The van der Waals surface area contributed by atoms with Crippen molar-refractivity contribution in [2.45, 2.75) is 46.0 Å². The number of rotatable bonds is 13. The van der Waals surface area contributed by atoms with Gasteiger partial charge in [-0.15, -0.1) is 0 Å². The fourth-order valence-electron chi connectivity index (χ4n) is 6.01. The minimum atomic E-state index is 0.548. The van der Waals surface area contributed by atoms with Crippen molar-refractivity contribution in [2.75, 3.05) is 0 Å².